The predicted octanol–water partition coefficient (Wildman–Crippen LogP) is 5.44. The summed E-state index contributed by atoms with van der Waals surface area (Å²) in [4.78, 5) is 13.0. The SMILES string of the molecule is CC1=C(C(=O)Nc2ccccc2C(F)(F)F)C(c2c(Cl)cccc2Cl)NC(=S)N1. The average Bonchev–Trinajstić information content (AvgIpc) is 2.60. The highest BCUT2D eigenvalue weighted by molar-refractivity contribution is 7.80. The van der Waals surface area contributed by atoms with Crippen molar-refractivity contribution >= 4 is 52.1 Å². The molecular weight excluding hydrogens is 446 g/mol. The van der Waals surface area contributed by atoms with Crippen molar-refractivity contribution in [2.75, 3.05) is 5.32 Å². The van der Waals surface area contributed by atoms with Crippen LogP contribution in [-0.2, 0) is 11.0 Å². The van der Waals surface area contributed by atoms with E-state index in [0.29, 0.717) is 11.3 Å². The fraction of sp³-hybridized carbons (Fsp3) is 0.158. The summed E-state index contributed by atoms with van der Waals surface area (Å²) < 4.78 is 39.8. The number of amides is 1. The number of anilines is 1. The van der Waals surface area contributed by atoms with Crippen molar-refractivity contribution in [3.05, 3.63) is 74.9 Å². The summed E-state index contributed by atoms with van der Waals surface area (Å²) in [5.74, 6) is -0.748. The standard InChI is InChI=1S/C19H14Cl2F3N3OS/c1-9-14(17(28)26-13-8-3-2-5-10(13)19(22,23)24)16(27-18(29)25-9)15-11(20)6-4-7-12(15)21/h2-8,16H,1H3,(H,26,28)(H2,25,27,29). The lowest BCUT2D eigenvalue weighted by molar-refractivity contribution is -0.137. The first kappa shape index (κ1) is 21.4. The van der Waals surface area contributed by atoms with Crippen LogP contribution in [0.25, 0.3) is 0 Å². The molecule has 2 aromatic rings. The first-order valence-electron chi connectivity index (χ1n) is 8.29. The van der Waals surface area contributed by atoms with Gasteiger partial charge in [0, 0.05) is 21.3 Å². The molecule has 0 radical (unpaired) electrons. The Labute approximate surface area is 180 Å². The van der Waals surface area contributed by atoms with Crippen LogP contribution < -0.4 is 16.0 Å². The number of carbonyl (C=O) groups excluding carboxylic acids is 1. The molecule has 0 aliphatic carbocycles. The minimum Gasteiger partial charge on any atom is -0.351 e. The summed E-state index contributed by atoms with van der Waals surface area (Å²) in [6, 6.07) is 8.72. The molecule has 152 valence electrons. The first-order valence-corrected chi connectivity index (χ1v) is 9.45. The molecule has 1 atom stereocenters. The molecule has 4 nitrogen and oxygen atoms in total. The van der Waals surface area contributed by atoms with Gasteiger partial charge >= 0.3 is 6.18 Å². The monoisotopic (exact) mass is 459 g/mol. The molecule has 1 aliphatic rings. The zero-order valence-electron chi connectivity index (χ0n) is 14.8. The van der Waals surface area contributed by atoms with Gasteiger partial charge in [0.05, 0.1) is 22.9 Å². The van der Waals surface area contributed by atoms with Gasteiger partial charge in [-0.15, -0.1) is 0 Å². The molecule has 29 heavy (non-hydrogen) atoms. The minimum atomic E-state index is -4.62. The second kappa shape index (κ2) is 8.22. The van der Waals surface area contributed by atoms with Crippen molar-refractivity contribution in [2.45, 2.75) is 19.1 Å². The van der Waals surface area contributed by atoms with Crippen molar-refractivity contribution in [1.29, 1.82) is 0 Å². The molecule has 10 heteroatoms. The summed E-state index contributed by atoms with van der Waals surface area (Å²) in [6.45, 7) is 1.59. The summed E-state index contributed by atoms with van der Waals surface area (Å²) in [6.07, 6.45) is -4.62. The number of nitrogens with one attached hydrogen (secondary N) is 3. The third kappa shape index (κ3) is 4.49. The van der Waals surface area contributed by atoms with Crippen molar-refractivity contribution < 1.29 is 18.0 Å². The first-order chi connectivity index (χ1) is 13.6. The number of para-hydroxylation sites is 1. The molecule has 0 bridgehead atoms. The van der Waals surface area contributed by atoms with Crippen LogP contribution >= 0.6 is 35.4 Å². The second-order valence-electron chi connectivity index (χ2n) is 6.20. The Morgan fingerprint density at radius 2 is 1.72 bits per heavy atom. The third-order valence-corrected chi connectivity index (χ3v) is 5.16. The minimum absolute atomic E-state index is 0.116. The number of hydrogen-bond acceptors (Lipinski definition) is 2. The maximum absolute atomic E-state index is 13.3. The predicted molar refractivity (Wildman–Crippen MR) is 111 cm³/mol. The number of halogens is 5. The van der Waals surface area contributed by atoms with Crippen LogP contribution in [-0.4, -0.2) is 11.0 Å². The van der Waals surface area contributed by atoms with Gasteiger partial charge in [-0.05, 0) is 43.4 Å². The molecule has 3 N–H and O–H groups in total. The van der Waals surface area contributed by atoms with Crippen LogP contribution in [0, 0.1) is 0 Å². The Hall–Kier alpha value is -2.29. The van der Waals surface area contributed by atoms with Gasteiger partial charge in [-0.2, -0.15) is 13.2 Å². The van der Waals surface area contributed by atoms with Crippen LogP contribution in [0.2, 0.25) is 10.0 Å². The Bertz CT molecular complexity index is 1000. The van der Waals surface area contributed by atoms with E-state index in [9.17, 15) is 18.0 Å². The van der Waals surface area contributed by atoms with Gasteiger partial charge < -0.3 is 16.0 Å². The molecule has 3 rings (SSSR count). The van der Waals surface area contributed by atoms with Gasteiger partial charge in [0.25, 0.3) is 5.91 Å². The van der Waals surface area contributed by atoms with Gasteiger partial charge in [0.1, 0.15) is 0 Å². The lowest BCUT2D eigenvalue weighted by Gasteiger charge is -2.31. The summed E-state index contributed by atoms with van der Waals surface area (Å²) in [5.41, 5.74) is -0.427. The summed E-state index contributed by atoms with van der Waals surface area (Å²) in [5, 5.41) is 8.88. The van der Waals surface area contributed by atoms with Crippen LogP contribution in [0.4, 0.5) is 18.9 Å². The van der Waals surface area contributed by atoms with Crippen molar-refractivity contribution in [3.63, 3.8) is 0 Å². The maximum atomic E-state index is 13.3. The van der Waals surface area contributed by atoms with E-state index in [1.54, 1.807) is 25.1 Å². The van der Waals surface area contributed by atoms with E-state index in [2.05, 4.69) is 16.0 Å². The Balaban J connectivity index is 2.04. The van der Waals surface area contributed by atoms with Gasteiger partial charge in [-0.25, -0.2) is 0 Å². The molecule has 0 fully saturated rings. The van der Waals surface area contributed by atoms with Crippen LogP contribution in [0.3, 0.4) is 0 Å². The van der Waals surface area contributed by atoms with Gasteiger partial charge in [0.15, 0.2) is 5.11 Å². The van der Waals surface area contributed by atoms with E-state index in [1.165, 1.54) is 18.2 Å². The van der Waals surface area contributed by atoms with Crippen molar-refractivity contribution in [2.24, 2.45) is 0 Å². The third-order valence-electron chi connectivity index (χ3n) is 4.28. The molecule has 1 aliphatic heterocycles. The fourth-order valence-corrected chi connectivity index (χ4v) is 3.91. The van der Waals surface area contributed by atoms with Crippen molar-refractivity contribution in [3.8, 4) is 0 Å². The fourth-order valence-electron chi connectivity index (χ4n) is 3.03. The molecule has 0 aromatic heterocycles. The molecular formula is C19H14Cl2F3N3OS. The van der Waals surface area contributed by atoms with E-state index in [-0.39, 0.29) is 26.4 Å². The molecule has 1 unspecified atom stereocenters. The maximum Gasteiger partial charge on any atom is 0.418 e. The normalized spacial score (nSPS) is 16.9. The molecule has 0 spiro atoms. The molecule has 2 aromatic carbocycles. The van der Waals surface area contributed by atoms with E-state index in [4.69, 9.17) is 35.4 Å². The van der Waals surface area contributed by atoms with E-state index in [0.717, 1.165) is 6.07 Å². The second-order valence-corrected chi connectivity index (χ2v) is 7.43. The smallest absolute Gasteiger partial charge is 0.351 e. The van der Waals surface area contributed by atoms with Crippen molar-refractivity contribution in [1.82, 2.24) is 10.6 Å². The largest absolute Gasteiger partial charge is 0.418 e. The number of allylic oxidation sites excluding steroid dienone is 1. The number of alkyl halides is 3. The van der Waals surface area contributed by atoms with Gasteiger partial charge in [-0.3, -0.25) is 4.79 Å². The van der Waals surface area contributed by atoms with Gasteiger partial charge in [0.2, 0.25) is 0 Å². The lowest BCUT2D eigenvalue weighted by Crippen LogP contribution is -2.46. The number of thiocarbonyl (C=S) groups is 1. The number of hydrogen-bond donors (Lipinski definition) is 3. The van der Waals surface area contributed by atoms with Crippen LogP contribution in [0.1, 0.15) is 24.1 Å². The van der Waals surface area contributed by atoms with Crippen LogP contribution in [0.5, 0.6) is 0 Å². The highest BCUT2D eigenvalue weighted by atomic mass is 35.5. The molecule has 0 saturated heterocycles. The quantitative estimate of drug-likeness (QED) is 0.534. The Morgan fingerprint density at radius 3 is 2.34 bits per heavy atom. The van der Waals surface area contributed by atoms with Gasteiger partial charge in [-0.1, -0.05) is 41.4 Å². The number of benzene rings is 2. The highest BCUT2D eigenvalue weighted by Crippen LogP contribution is 2.38. The van der Waals surface area contributed by atoms with E-state index in [1.807, 2.05) is 0 Å². The molecule has 1 amide bonds. The number of carbonyl (C=O) groups is 1. The summed E-state index contributed by atoms with van der Waals surface area (Å²) in [7, 11) is 0. The Kier molecular flexibility index (Phi) is 6.07. The topological polar surface area (TPSA) is 53.2 Å². The van der Waals surface area contributed by atoms with E-state index >= 15 is 0 Å². The molecule has 0 saturated carbocycles. The lowest BCUT2D eigenvalue weighted by atomic mass is 9.94. The Morgan fingerprint density at radius 1 is 1.10 bits per heavy atom. The van der Waals surface area contributed by atoms with E-state index < -0.39 is 23.7 Å². The average molecular weight is 460 g/mol. The summed E-state index contributed by atoms with van der Waals surface area (Å²) >= 11 is 17.7. The zero-order valence-corrected chi connectivity index (χ0v) is 17.2. The van der Waals surface area contributed by atoms with Crippen LogP contribution in [0.15, 0.2) is 53.7 Å². The highest BCUT2D eigenvalue weighted by Gasteiger charge is 2.36. The number of rotatable bonds is 3. The zero-order chi connectivity index (χ0) is 21.3. The molecule has 1 heterocycles.